The molecule has 0 aliphatic carbocycles. The number of halogens is 1. The number of aryl methyl sites for hydroxylation is 2. The molecule has 0 unspecified atom stereocenters. The minimum absolute atomic E-state index is 0.00799. The van der Waals surface area contributed by atoms with Crippen molar-refractivity contribution in [3.05, 3.63) is 71.8 Å². The van der Waals surface area contributed by atoms with Gasteiger partial charge in [0.05, 0.1) is 17.1 Å². The molecule has 0 saturated carbocycles. The summed E-state index contributed by atoms with van der Waals surface area (Å²) in [5.74, 6) is -0.210. The Hall–Kier alpha value is -3.48. The van der Waals surface area contributed by atoms with Gasteiger partial charge in [-0.3, -0.25) is 4.79 Å². The van der Waals surface area contributed by atoms with Gasteiger partial charge in [-0.25, -0.2) is 4.39 Å². The van der Waals surface area contributed by atoms with Gasteiger partial charge in [-0.2, -0.15) is 9.97 Å². The van der Waals surface area contributed by atoms with Gasteiger partial charge in [0, 0.05) is 0 Å². The molecule has 0 spiro atoms. The molecule has 0 radical (unpaired) electrons. The lowest BCUT2D eigenvalue weighted by atomic mass is 10.3. The van der Waals surface area contributed by atoms with E-state index in [1.807, 2.05) is 18.2 Å². The maximum Gasteiger partial charge on any atom is 0.322 e. The van der Waals surface area contributed by atoms with Gasteiger partial charge in [0.1, 0.15) is 5.75 Å². The standard InChI is InChI=1S/C20H18FN3O3/c1-13-19(24-18(25)12-26-15-8-4-3-5-9-15)14(2)23-20(22-13)27-17-11-7-6-10-16(17)21/h3-11H,12H2,1-2H3,(H,24,25). The predicted octanol–water partition coefficient (Wildman–Crippen LogP) is 4.04. The zero-order valence-electron chi connectivity index (χ0n) is 14.9. The van der Waals surface area contributed by atoms with Crippen molar-refractivity contribution in [3.8, 4) is 17.5 Å². The number of ether oxygens (including phenoxy) is 2. The second kappa shape index (κ2) is 8.27. The lowest BCUT2D eigenvalue weighted by molar-refractivity contribution is -0.118. The van der Waals surface area contributed by atoms with Crippen molar-refractivity contribution in [2.24, 2.45) is 0 Å². The molecule has 0 atom stereocenters. The summed E-state index contributed by atoms with van der Waals surface area (Å²) in [6.45, 7) is 3.27. The SMILES string of the molecule is Cc1nc(Oc2ccccc2F)nc(C)c1NC(=O)COc1ccccc1. The number of para-hydroxylation sites is 2. The van der Waals surface area contributed by atoms with Crippen LogP contribution in [0, 0.1) is 19.7 Å². The van der Waals surface area contributed by atoms with Crippen LogP contribution in [0.1, 0.15) is 11.4 Å². The molecule has 0 aliphatic rings. The number of rotatable bonds is 6. The first-order valence-electron chi connectivity index (χ1n) is 8.28. The highest BCUT2D eigenvalue weighted by Crippen LogP contribution is 2.25. The summed E-state index contributed by atoms with van der Waals surface area (Å²) in [7, 11) is 0. The molecule has 7 heteroatoms. The smallest absolute Gasteiger partial charge is 0.322 e. The molecule has 6 nitrogen and oxygen atoms in total. The Labute approximate surface area is 156 Å². The Balaban J connectivity index is 1.67. The number of hydrogen-bond acceptors (Lipinski definition) is 5. The highest BCUT2D eigenvalue weighted by atomic mass is 19.1. The molecule has 0 fully saturated rings. The fraction of sp³-hybridized carbons (Fsp3) is 0.150. The van der Waals surface area contributed by atoms with Crippen LogP contribution >= 0.6 is 0 Å². The molecule has 138 valence electrons. The van der Waals surface area contributed by atoms with Crippen molar-refractivity contribution in [2.45, 2.75) is 13.8 Å². The van der Waals surface area contributed by atoms with Gasteiger partial charge in [-0.05, 0) is 38.1 Å². The summed E-state index contributed by atoms with van der Waals surface area (Å²) in [5.41, 5.74) is 1.47. The van der Waals surface area contributed by atoms with Gasteiger partial charge in [0.25, 0.3) is 5.91 Å². The number of carbonyl (C=O) groups excluding carboxylic acids is 1. The van der Waals surface area contributed by atoms with E-state index in [0.29, 0.717) is 22.8 Å². The lowest BCUT2D eigenvalue weighted by Gasteiger charge is -2.13. The summed E-state index contributed by atoms with van der Waals surface area (Å²) in [6.07, 6.45) is 0. The molecule has 0 bridgehead atoms. The van der Waals surface area contributed by atoms with Crippen LogP contribution in [0.25, 0.3) is 0 Å². The van der Waals surface area contributed by atoms with E-state index in [4.69, 9.17) is 9.47 Å². The van der Waals surface area contributed by atoms with Crippen LogP contribution < -0.4 is 14.8 Å². The first-order chi connectivity index (χ1) is 13.0. The Morgan fingerprint density at radius 2 is 1.63 bits per heavy atom. The molecule has 0 saturated heterocycles. The normalized spacial score (nSPS) is 10.3. The molecule has 1 amide bonds. The molecule has 27 heavy (non-hydrogen) atoms. The van der Waals surface area contributed by atoms with Gasteiger partial charge < -0.3 is 14.8 Å². The van der Waals surface area contributed by atoms with E-state index in [-0.39, 0.29) is 24.3 Å². The van der Waals surface area contributed by atoms with Crippen LogP contribution in [0.4, 0.5) is 10.1 Å². The third-order valence-electron chi connectivity index (χ3n) is 3.67. The molecule has 1 N–H and O–H groups in total. The monoisotopic (exact) mass is 367 g/mol. The summed E-state index contributed by atoms with van der Waals surface area (Å²) in [6, 6.07) is 15.0. The predicted molar refractivity (Wildman–Crippen MR) is 98.5 cm³/mol. The number of anilines is 1. The van der Waals surface area contributed by atoms with Gasteiger partial charge >= 0.3 is 6.01 Å². The van der Waals surface area contributed by atoms with Crippen molar-refractivity contribution in [2.75, 3.05) is 11.9 Å². The van der Waals surface area contributed by atoms with E-state index in [1.165, 1.54) is 12.1 Å². The number of aromatic nitrogens is 2. The topological polar surface area (TPSA) is 73.3 Å². The molecular formula is C20H18FN3O3. The van der Waals surface area contributed by atoms with E-state index in [1.54, 1.807) is 38.1 Å². The number of nitrogens with one attached hydrogen (secondary N) is 1. The minimum Gasteiger partial charge on any atom is -0.484 e. The third-order valence-corrected chi connectivity index (χ3v) is 3.67. The molecule has 0 aliphatic heterocycles. The molecule has 1 heterocycles. The zero-order valence-corrected chi connectivity index (χ0v) is 14.9. The average Bonchev–Trinajstić information content (AvgIpc) is 2.66. The summed E-state index contributed by atoms with van der Waals surface area (Å²) >= 11 is 0. The number of amides is 1. The largest absolute Gasteiger partial charge is 0.484 e. The second-order valence-corrected chi connectivity index (χ2v) is 5.73. The first-order valence-corrected chi connectivity index (χ1v) is 8.28. The second-order valence-electron chi connectivity index (χ2n) is 5.73. The maximum atomic E-state index is 13.7. The number of benzene rings is 2. The summed E-state index contributed by atoms with van der Waals surface area (Å²) in [4.78, 5) is 20.5. The summed E-state index contributed by atoms with van der Waals surface area (Å²) in [5, 5.41) is 2.73. The van der Waals surface area contributed by atoms with Crippen molar-refractivity contribution in [1.82, 2.24) is 9.97 Å². The van der Waals surface area contributed by atoms with Crippen molar-refractivity contribution < 1.29 is 18.7 Å². The quantitative estimate of drug-likeness (QED) is 0.712. The van der Waals surface area contributed by atoms with Gasteiger partial charge in [0.2, 0.25) is 0 Å². The number of carbonyl (C=O) groups is 1. The summed E-state index contributed by atoms with van der Waals surface area (Å²) < 4.78 is 24.5. The third kappa shape index (κ3) is 4.78. The van der Waals surface area contributed by atoms with Crippen molar-refractivity contribution in [1.29, 1.82) is 0 Å². The maximum absolute atomic E-state index is 13.7. The molecule has 3 rings (SSSR count). The number of hydrogen-bond donors (Lipinski definition) is 1. The van der Waals surface area contributed by atoms with Crippen LogP contribution in [0.15, 0.2) is 54.6 Å². The Kier molecular flexibility index (Phi) is 5.61. The van der Waals surface area contributed by atoms with E-state index in [2.05, 4.69) is 15.3 Å². The van der Waals surface area contributed by atoms with Crippen LogP contribution in [0.3, 0.4) is 0 Å². The highest BCUT2D eigenvalue weighted by Gasteiger charge is 2.14. The van der Waals surface area contributed by atoms with Crippen LogP contribution in [-0.4, -0.2) is 22.5 Å². The lowest BCUT2D eigenvalue weighted by Crippen LogP contribution is -2.22. The Morgan fingerprint density at radius 3 is 2.30 bits per heavy atom. The molecule has 2 aromatic carbocycles. The average molecular weight is 367 g/mol. The van der Waals surface area contributed by atoms with Gasteiger partial charge in [-0.1, -0.05) is 30.3 Å². The van der Waals surface area contributed by atoms with E-state index in [0.717, 1.165) is 0 Å². The fourth-order valence-corrected chi connectivity index (χ4v) is 2.38. The number of nitrogens with zero attached hydrogens (tertiary/aromatic N) is 2. The van der Waals surface area contributed by atoms with Crippen LogP contribution in [-0.2, 0) is 4.79 Å². The Bertz CT molecular complexity index is 925. The van der Waals surface area contributed by atoms with E-state index < -0.39 is 5.82 Å². The highest BCUT2D eigenvalue weighted by molar-refractivity contribution is 5.92. The van der Waals surface area contributed by atoms with Crippen molar-refractivity contribution >= 4 is 11.6 Å². The van der Waals surface area contributed by atoms with Crippen LogP contribution in [0.2, 0.25) is 0 Å². The van der Waals surface area contributed by atoms with Crippen molar-refractivity contribution in [3.63, 3.8) is 0 Å². The van der Waals surface area contributed by atoms with Crippen LogP contribution in [0.5, 0.6) is 17.5 Å². The molecule has 3 aromatic rings. The zero-order chi connectivity index (χ0) is 19.2. The fourth-order valence-electron chi connectivity index (χ4n) is 2.38. The van der Waals surface area contributed by atoms with Gasteiger partial charge in [-0.15, -0.1) is 0 Å². The van der Waals surface area contributed by atoms with E-state index >= 15 is 0 Å². The molecular weight excluding hydrogens is 349 g/mol. The Morgan fingerprint density at radius 1 is 1.00 bits per heavy atom. The van der Waals surface area contributed by atoms with E-state index in [9.17, 15) is 9.18 Å². The van der Waals surface area contributed by atoms with Gasteiger partial charge in [0.15, 0.2) is 18.2 Å². The molecule has 1 aromatic heterocycles. The first kappa shape index (κ1) is 18.3. The minimum atomic E-state index is -0.508.